The highest BCUT2D eigenvalue weighted by molar-refractivity contribution is 5.83. The number of nitrogens with zero attached hydrogens (tertiary/aromatic N) is 5. The summed E-state index contributed by atoms with van der Waals surface area (Å²) in [5, 5.41) is 11.0. The van der Waals surface area contributed by atoms with E-state index in [4.69, 9.17) is 0 Å². The summed E-state index contributed by atoms with van der Waals surface area (Å²) >= 11 is 0. The van der Waals surface area contributed by atoms with Gasteiger partial charge in [0.25, 0.3) is 0 Å². The van der Waals surface area contributed by atoms with Gasteiger partial charge in [-0.25, -0.2) is 14.9 Å². The Hall–Kier alpha value is -3.29. The minimum absolute atomic E-state index is 0.360. The van der Waals surface area contributed by atoms with E-state index in [9.17, 15) is 4.79 Å². The molecule has 3 aromatic heterocycles. The molecule has 0 aliphatic carbocycles. The topological polar surface area (TPSA) is 97.6 Å². The molecule has 3 rings (SSSR count). The van der Waals surface area contributed by atoms with E-state index < -0.39 is 0 Å². The van der Waals surface area contributed by atoms with Gasteiger partial charge in [-0.15, -0.1) is 10.2 Å². The molecular weight excluding hydrogens is 294 g/mol. The van der Waals surface area contributed by atoms with Crippen LogP contribution in [0.2, 0.25) is 0 Å². The van der Waals surface area contributed by atoms with Crippen LogP contribution in [0.4, 0.5) is 4.79 Å². The van der Waals surface area contributed by atoms with E-state index in [2.05, 4.69) is 30.9 Å². The van der Waals surface area contributed by atoms with E-state index in [1.165, 1.54) is 4.68 Å². The Balaban J connectivity index is 2.07. The molecule has 0 fully saturated rings. The maximum Gasteiger partial charge on any atom is 0.334 e. The number of hydrogen-bond acceptors (Lipinski definition) is 5. The van der Waals surface area contributed by atoms with Gasteiger partial charge >= 0.3 is 6.03 Å². The normalized spacial score (nSPS) is 10.3. The number of aromatic nitrogens is 5. The van der Waals surface area contributed by atoms with Crippen LogP contribution in [0.1, 0.15) is 6.92 Å². The van der Waals surface area contributed by atoms with E-state index in [1.54, 1.807) is 36.7 Å². The third-order valence-corrected chi connectivity index (χ3v) is 3.00. The summed E-state index contributed by atoms with van der Waals surface area (Å²) in [5.74, 6) is 0.856. The molecule has 8 nitrogen and oxygen atoms in total. The van der Waals surface area contributed by atoms with Crippen LogP contribution in [0.15, 0.2) is 48.8 Å². The molecule has 2 amide bonds. The van der Waals surface area contributed by atoms with Crippen LogP contribution in [-0.4, -0.2) is 37.4 Å². The quantitative estimate of drug-likeness (QED) is 0.764. The summed E-state index contributed by atoms with van der Waals surface area (Å²) in [6.07, 6.45) is 3.31. The number of hydrogen-bond donors (Lipinski definition) is 2. The van der Waals surface area contributed by atoms with Gasteiger partial charge in [0, 0.05) is 18.9 Å². The third-order valence-electron chi connectivity index (χ3n) is 3.00. The van der Waals surface area contributed by atoms with Crippen LogP contribution in [-0.2, 0) is 0 Å². The molecule has 2 N–H and O–H groups in total. The number of pyridine rings is 2. The highest BCUT2D eigenvalue weighted by atomic mass is 16.2. The van der Waals surface area contributed by atoms with Crippen LogP contribution in [0.3, 0.4) is 0 Å². The second kappa shape index (κ2) is 6.65. The summed E-state index contributed by atoms with van der Waals surface area (Å²) in [5.41, 5.74) is 3.91. The highest BCUT2D eigenvalue weighted by Gasteiger charge is 2.18. The highest BCUT2D eigenvalue weighted by Crippen LogP contribution is 2.20. The van der Waals surface area contributed by atoms with Gasteiger partial charge in [0.1, 0.15) is 11.4 Å². The molecule has 0 aliphatic rings. The van der Waals surface area contributed by atoms with Gasteiger partial charge in [0.15, 0.2) is 0 Å². The zero-order chi connectivity index (χ0) is 16.1. The molecule has 0 aliphatic heterocycles. The number of carbonyl (C=O) groups is 1. The SMILES string of the molecule is CCNC(=O)Nn1c(-c2ccccn2)nnc1-c1ccccn1. The lowest BCUT2D eigenvalue weighted by molar-refractivity contribution is 0.250. The van der Waals surface area contributed by atoms with Crippen LogP contribution < -0.4 is 10.7 Å². The van der Waals surface area contributed by atoms with Crippen molar-refractivity contribution in [3.05, 3.63) is 48.8 Å². The van der Waals surface area contributed by atoms with Gasteiger partial charge in [-0.3, -0.25) is 9.97 Å². The summed E-state index contributed by atoms with van der Waals surface area (Å²) < 4.78 is 1.48. The van der Waals surface area contributed by atoms with E-state index in [-0.39, 0.29) is 6.03 Å². The zero-order valence-corrected chi connectivity index (χ0v) is 12.5. The molecule has 23 heavy (non-hydrogen) atoms. The molecule has 3 heterocycles. The fourth-order valence-corrected chi connectivity index (χ4v) is 2.01. The molecule has 0 atom stereocenters. The third kappa shape index (κ3) is 3.15. The molecule has 0 spiro atoms. The molecule has 0 saturated heterocycles. The Labute approximate surface area is 132 Å². The molecule has 3 aromatic rings. The minimum atomic E-state index is -0.360. The first-order chi connectivity index (χ1) is 11.3. The Morgan fingerprint density at radius 1 is 1.00 bits per heavy atom. The number of carbonyl (C=O) groups excluding carboxylic acids is 1. The van der Waals surface area contributed by atoms with E-state index in [0.717, 1.165) is 0 Å². The Kier molecular flexibility index (Phi) is 4.23. The van der Waals surface area contributed by atoms with Gasteiger partial charge in [0.05, 0.1) is 0 Å². The maximum absolute atomic E-state index is 11.9. The molecule has 0 radical (unpaired) electrons. The van der Waals surface area contributed by atoms with Gasteiger partial charge in [-0.05, 0) is 31.2 Å². The molecule has 116 valence electrons. The predicted molar refractivity (Wildman–Crippen MR) is 84.9 cm³/mol. The van der Waals surface area contributed by atoms with Gasteiger partial charge in [-0.2, -0.15) is 0 Å². The lowest BCUT2D eigenvalue weighted by atomic mass is 10.3. The first-order valence-corrected chi connectivity index (χ1v) is 7.12. The van der Waals surface area contributed by atoms with Crippen molar-refractivity contribution in [2.75, 3.05) is 12.0 Å². The molecule has 8 heteroatoms. The standard InChI is InChI=1S/C15H15N7O/c1-2-16-15(23)21-22-13(11-7-3-5-9-17-11)19-20-14(22)12-8-4-6-10-18-12/h3-10H,2H2,1H3,(H2,16,21,23). The summed E-state index contributed by atoms with van der Waals surface area (Å²) in [6, 6.07) is 10.5. The van der Waals surface area contributed by atoms with E-state index in [0.29, 0.717) is 29.6 Å². The van der Waals surface area contributed by atoms with Crippen LogP contribution in [0.5, 0.6) is 0 Å². The van der Waals surface area contributed by atoms with Crippen molar-refractivity contribution in [3.63, 3.8) is 0 Å². The van der Waals surface area contributed by atoms with Crippen molar-refractivity contribution in [1.29, 1.82) is 0 Å². The number of nitrogens with one attached hydrogen (secondary N) is 2. The molecular formula is C15H15N7O. The number of urea groups is 1. The summed E-state index contributed by atoms with van der Waals surface area (Å²) in [6.45, 7) is 2.34. The molecule has 0 saturated carbocycles. The average Bonchev–Trinajstić information content (AvgIpc) is 3.00. The molecule has 0 bridgehead atoms. The van der Waals surface area contributed by atoms with Crippen molar-refractivity contribution in [1.82, 2.24) is 30.2 Å². The predicted octanol–water partition coefficient (Wildman–Crippen LogP) is 1.68. The Bertz CT molecular complexity index is 729. The van der Waals surface area contributed by atoms with Crippen molar-refractivity contribution < 1.29 is 4.79 Å². The fourth-order valence-electron chi connectivity index (χ4n) is 2.01. The first-order valence-electron chi connectivity index (χ1n) is 7.12. The van der Waals surface area contributed by atoms with Crippen molar-refractivity contribution >= 4 is 6.03 Å². The van der Waals surface area contributed by atoms with Gasteiger partial charge < -0.3 is 5.32 Å². The zero-order valence-electron chi connectivity index (χ0n) is 12.5. The van der Waals surface area contributed by atoms with Crippen LogP contribution in [0, 0.1) is 0 Å². The van der Waals surface area contributed by atoms with E-state index in [1.807, 2.05) is 19.1 Å². The summed E-state index contributed by atoms with van der Waals surface area (Å²) in [4.78, 5) is 20.4. The van der Waals surface area contributed by atoms with Crippen molar-refractivity contribution in [2.24, 2.45) is 0 Å². The van der Waals surface area contributed by atoms with Crippen LogP contribution >= 0.6 is 0 Å². The van der Waals surface area contributed by atoms with Crippen molar-refractivity contribution in [2.45, 2.75) is 6.92 Å². The molecule has 0 unspecified atom stereocenters. The summed E-state index contributed by atoms with van der Waals surface area (Å²) in [7, 11) is 0. The first kappa shape index (κ1) is 14.6. The van der Waals surface area contributed by atoms with Gasteiger partial charge in [0.2, 0.25) is 11.6 Å². The largest absolute Gasteiger partial charge is 0.337 e. The fraction of sp³-hybridized carbons (Fsp3) is 0.133. The smallest absolute Gasteiger partial charge is 0.334 e. The van der Waals surface area contributed by atoms with Crippen LogP contribution in [0.25, 0.3) is 23.0 Å². The Morgan fingerprint density at radius 2 is 1.57 bits per heavy atom. The monoisotopic (exact) mass is 309 g/mol. The van der Waals surface area contributed by atoms with Gasteiger partial charge in [-0.1, -0.05) is 12.1 Å². The average molecular weight is 309 g/mol. The van der Waals surface area contributed by atoms with Crippen molar-refractivity contribution in [3.8, 4) is 23.0 Å². The number of rotatable bonds is 4. The lowest BCUT2D eigenvalue weighted by Gasteiger charge is -2.11. The Morgan fingerprint density at radius 3 is 2.00 bits per heavy atom. The molecule has 0 aromatic carbocycles. The maximum atomic E-state index is 11.9. The van der Waals surface area contributed by atoms with E-state index >= 15 is 0 Å². The lowest BCUT2D eigenvalue weighted by Crippen LogP contribution is -2.34. The minimum Gasteiger partial charge on any atom is -0.337 e. The number of amides is 2. The second-order valence-corrected chi connectivity index (χ2v) is 4.58. The second-order valence-electron chi connectivity index (χ2n) is 4.58.